The van der Waals surface area contributed by atoms with Gasteiger partial charge in [-0.15, -0.1) is 0 Å². The number of hydrogen-bond acceptors (Lipinski definition) is 15. The Kier molecular flexibility index (Phi) is 60.8. The van der Waals surface area contributed by atoms with Crippen LogP contribution in [0.25, 0.3) is 0 Å². The molecule has 0 aliphatic heterocycles. The van der Waals surface area contributed by atoms with Crippen LogP contribution in [0.2, 0.25) is 0 Å². The molecule has 0 heterocycles. The highest BCUT2D eigenvalue weighted by Crippen LogP contribution is 2.45. The van der Waals surface area contributed by atoms with Crippen molar-refractivity contribution in [2.75, 3.05) is 39.6 Å². The van der Waals surface area contributed by atoms with Crippen LogP contribution < -0.4 is 0 Å². The van der Waals surface area contributed by atoms with E-state index in [2.05, 4.69) is 41.5 Å². The van der Waals surface area contributed by atoms with Gasteiger partial charge in [-0.3, -0.25) is 37.3 Å². The van der Waals surface area contributed by atoms with Gasteiger partial charge in [0.05, 0.1) is 26.4 Å². The molecule has 0 spiro atoms. The summed E-state index contributed by atoms with van der Waals surface area (Å²) in [5.41, 5.74) is 0. The van der Waals surface area contributed by atoms with E-state index in [0.29, 0.717) is 31.6 Å². The summed E-state index contributed by atoms with van der Waals surface area (Å²) in [7, 11) is -9.89. The molecule has 528 valence electrons. The summed E-state index contributed by atoms with van der Waals surface area (Å²) < 4.78 is 68.2. The average Bonchev–Trinajstić information content (AvgIpc) is 3.70. The molecule has 0 aliphatic carbocycles. The maximum atomic E-state index is 13.0. The molecule has 3 N–H and O–H groups in total. The van der Waals surface area contributed by atoms with Crippen LogP contribution in [-0.2, 0) is 65.4 Å². The van der Waals surface area contributed by atoms with Gasteiger partial charge in [0.15, 0.2) is 12.2 Å². The van der Waals surface area contributed by atoms with Gasteiger partial charge < -0.3 is 33.8 Å². The number of aliphatic hydroxyl groups excluding tert-OH is 1. The van der Waals surface area contributed by atoms with E-state index in [1.807, 2.05) is 0 Å². The van der Waals surface area contributed by atoms with E-state index in [9.17, 15) is 43.2 Å². The Bertz CT molecular complexity index is 1730. The predicted octanol–water partition coefficient (Wildman–Crippen LogP) is 20.0. The maximum absolute atomic E-state index is 13.0. The van der Waals surface area contributed by atoms with Crippen LogP contribution in [0.15, 0.2) is 0 Å². The van der Waals surface area contributed by atoms with Gasteiger partial charge in [0, 0.05) is 25.7 Å². The van der Waals surface area contributed by atoms with Crippen LogP contribution in [0.3, 0.4) is 0 Å². The highest BCUT2D eigenvalue weighted by atomic mass is 31.2. The number of aliphatic hydroxyl groups is 1. The zero-order valence-corrected chi connectivity index (χ0v) is 59.5. The fourth-order valence-corrected chi connectivity index (χ4v) is 12.2. The molecular weight excluding hydrogens is 1170 g/mol. The van der Waals surface area contributed by atoms with E-state index in [-0.39, 0.29) is 25.7 Å². The normalized spacial score (nSPS) is 14.1. The van der Waals surface area contributed by atoms with Crippen molar-refractivity contribution in [2.45, 2.75) is 374 Å². The lowest BCUT2D eigenvalue weighted by Gasteiger charge is -2.21. The number of esters is 4. The first kappa shape index (κ1) is 87.1. The summed E-state index contributed by atoms with van der Waals surface area (Å²) >= 11 is 0. The Hall–Kier alpha value is -1.94. The van der Waals surface area contributed by atoms with Crippen molar-refractivity contribution in [3.63, 3.8) is 0 Å². The summed E-state index contributed by atoms with van der Waals surface area (Å²) in [6, 6.07) is 0. The van der Waals surface area contributed by atoms with Gasteiger partial charge in [-0.25, -0.2) is 9.13 Å². The average molecular weight is 1310 g/mol. The molecule has 0 fully saturated rings. The third-order valence-electron chi connectivity index (χ3n) is 16.2. The molecule has 0 aromatic carbocycles. The van der Waals surface area contributed by atoms with Crippen LogP contribution in [-0.4, -0.2) is 96.7 Å². The lowest BCUT2D eigenvalue weighted by atomic mass is 10.0. The molecular formula is C70H136O17P2. The second kappa shape index (κ2) is 62.2. The molecule has 0 aromatic rings. The Morgan fingerprint density at radius 2 is 0.517 bits per heavy atom. The maximum Gasteiger partial charge on any atom is 0.472 e. The third-order valence-corrected chi connectivity index (χ3v) is 18.1. The minimum absolute atomic E-state index is 0.103. The van der Waals surface area contributed by atoms with Crippen molar-refractivity contribution in [2.24, 2.45) is 11.8 Å². The lowest BCUT2D eigenvalue weighted by Crippen LogP contribution is -2.30. The number of ether oxygens (including phenoxy) is 4. The first-order chi connectivity index (χ1) is 42.9. The largest absolute Gasteiger partial charge is 0.472 e. The van der Waals surface area contributed by atoms with Gasteiger partial charge >= 0.3 is 39.5 Å². The first-order valence-electron chi connectivity index (χ1n) is 36.5. The molecule has 0 aromatic heterocycles. The van der Waals surface area contributed by atoms with E-state index in [1.54, 1.807) is 0 Å². The van der Waals surface area contributed by atoms with E-state index < -0.39 is 97.5 Å². The Morgan fingerprint density at radius 3 is 0.764 bits per heavy atom. The minimum Gasteiger partial charge on any atom is -0.462 e. The Balaban J connectivity index is 5.18. The van der Waals surface area contributed by atoms with Crippen LogP contribution in [0, 0.1) is 11.8 Å². The van der Waals surface area contributed by atoms with E-state index in [1.165, 1.54) is 167 Å². The Morgan fingerprint density at radius 1 is 0.303 bits per heavy atom. The lowest BCUT2D eigenvalue weighted by molar-refractivity contribution is -0.161. The number of phosphoric acid groups is 2. The van der Waals surface area contributed by atoms with E-state index in [4.69, 9.17) is 37.0 Å². The summed E-state index contributed by atoms with van der Waals surface area (Å²) in [6.45, 7) is 9.49. The fraction of sp³-hybridized carbons (Fsp3) is 0.943. The van der Waals surface area contributed by atoms with Crippen LogP contribution >= 0.6 is 15.6 Å². The van der Waals surface area contributed by atoms with Gasteiger partial charge in [0.25, 0.3) is 0 Å². The molecule has 2 unspecified atom stereocenters. The summed E-state index contributed by atoms with van der Waals surface area (Å²) in [4.78, 5) is 72.4. The number of rotatable bonds is 69. The molecule has 89 heavy (non-hydrogen) atoms. The predicted molar refractivity (Wildman–Crippen MR) is 358 cm³/mol. The molecule has 0 bridgehead atoms. The molecule has 0 amide bonds. The highest BCUT2D eigenvalue weighted by molar-refractivity contribution is 7.47. The van der Waals surface area contributed by atoms with E-state index >= 15 is 0 Å². The van der Waals surface area contributed by atoms with Crippen molar-refractivity contribution in [3.8, 4) is 0 Å². The summed E-state index contributed by atoms with van der Waals surface area (Å²) in [6.07, 6.45) is 47.4. The minimum atomic E-state index is -4.95. The first-order valence-corrected chi connectivity index (χ1v) is 39.5. The number of carbonyl (C=O) groups excluding carboxylic acids is 4. The van der Waals surface area contributed by atoms with Crippen molar-refractivity contribution >= 4 is 39.5 Å². The standard InChI is InChI=1S/C70H136O17P2/c1-7-9-11-13-15-17-18-26-29-35-41-47-53-68(73)81-59-65(86-69(74)54-48-42-36-30-27-24-22-20-19-21-23-25-28-32-38-44-50-62(3)4)60-84-88(76,77)82-56-64(71)57-83-89(78,79)85-61-66(58-80-67(72)52-46-40-34-16-14-12-10-8-2)87-70(75)55-49-43-37-31-33-39-45-51-63(5)6/h62-66,71H,7-61H2,1-6H3,(H,76,77)(H,78,79)/t64-,65-,66-/m1/s1. The molecule has 0 rings (SSSR count). The number of unbranched alkanes of at least 4 members (excludes halogenated alkanes) is 39. The monoisotopic (exact) mass is 1310 g/mol. The fourth-order valence-electron chi connectivity index (χ4n) is 10.6. The van der Waals surface area contributed by atoms with Crippen molar-refractivity contribution in [3.05, 3.63) is 0 Å². The molecule has 0 saturated carbocycles. The smallest absolute Gasteiger partial charge is 0.462 e. The van der Waals surface area contributed by atoms with Gasteiger partial charge in [-0.05, 0) is 37.5 Å². The highest BCUT2D eigenvalue weighted by Gasteiger charge is 2.30. The summed E-state index contributed by atoms with van der Waals surface area (Å²) in [5, 5.41) is 10.6. The van der Waals surface area contributed by atoms with Gasteiger partial charge in [0.1, 0.15) is 19.3 Å². The molecule has 0 radical (unpaired) electrons. The zero-order chi connectivity index (χ0) is 65.7. The molecule has 17 nitrogen and oxygen atoms in total. The second-order valence-electron chi connectivity index (χ2n) is 26.2. The molecule has 0 aliphatic rings. The van der Waals surface area contributed by atoms with Crippen LogP contribution in [0.1, 0.15) is 356 Å². The van der Waals surface area contributed by atoms with Crippen molar-refractivity contribution in [1.82, 2.24) is 0 Å². The van der Waals surface area contributed by atoms with Gasteiger partial charge in [-0.1, -0.05) is 305 Å². The van der Waals surface area contributed by atoms with Crippen LogP contribution in [0.5, 0.6) is 0 Å². The number of hydrogen-bond donors (Lipinski definition) is 3. The second-order valence-corrected chi connectivity index (χ2v) is 29.1. The molecule has 0 saturated heterocycles. The third kappa shape index (κ3) is 64.6. The van der Waals surface area contributed by atoms with Crippen LogP contribution in [0.4, 0.5) is 0 Å². The van der Waals surface area contributed by atoms with E-state index in [0.717, 1.165) is 102 Å². The molecule has 19 heteroatoms. The SMILES string of the molecule is CCCCCCCCCCCCCCC(=O)OC[C@H](COP(=O)(O)OC[C@@H](O)COP(=O)(O)OC[C@@H](COC(=O)CCCCCCCCCC)OC(=O)CCCCCCCCCC(C)C)OC(=O)CCCCCCCCCCCCCCCCCCC(C)C. The quantitative estimate of drug-likeness (QED) is 0.0222. The van der Waals surface area contributed by atoms with Crippen molar-refractivity contribution < 1.29 is 80.2 Å². The van der Waals surface area contributed by atoms with Gasteiger partial charge in [0.2, 0.25) is 0 Å². The topological polar surface area (TPSA) is 237 Å². The molecule has 5 atom stereocenters. The summed E-state index contributed by atoms with van der Waals surface area (Å²) in [5.74, 6) is -0.623. The zero-order valence-electron chi connectivity index (χ0n) is 57.7. The Labute approximate surface area is 543 Å². The van der Waals surface area contributed by atoms with Crippen molar-refractivity contribution in [1.29, 1.82) is 0 Å². The number of phosphoric ester groups is 2. The number of carbonyl (C=O) groups is 4. The van der Waals surface area contributed by atoms with Gasteiger partial charge in [-0.2, -0.15) is 0 Å².